The number of aromatic nitrogens is 4. The molecule has 29 heavy (non-hydrogen) atoms. The van der Waals surface area contributed by atoms with Gasteiger partial charge in [-0.1, -0.05) is 36.4 Å². The fourth-order valence-electron chi connectivity index (χ4n) is 3.14. The van der Waals surface area contributed by atoms with Crippen LogP contribution in [0.15, 0.2) is 67.1 Å². The second kappa shape index (κ2) is 8.57. The maximum Gasteiger partial charge on any atom is 0.182 e. The molecule has 1 atom stereocenters. The van der Waals surface area contributed by atoms with Crippen LogP contribution in [-0.4, -0.2) is 37.3 Å². The number of nitrogens with zero attached hydrogens (tertiary/aromatic N) is 4. The van der Waals surface area contributed by atoms with E-state index in [-0.39, 0.29) is 12.6 Å². The molecule has 3 heterocycles. The number of rotatable bonds is 8. The molecule has 4 rings (SSSR count). The first-order chi connectivity index (χ1) is 14.2. The summed E-state index contributed by atoms with van der Waals surface area (Å²) in [6, 6.07) is 15.6. The molecule has 0 bridgehead atoms. The molecular formula is C21H23N7O. The topological polar surface area (TPSA) is 113 Å². The SMILES string of the molecule is Nc1cnn2c(NCc3cccnc3)cc(NC(CO)Cc3ccccc3)nc12. The van der Waals surface area contributed by atoms with E-state index < -0.39 is 0 Å². The molecule has 4 aromatic rings. The molecule has 0 aliphatic carbocycles. The fourth-order valence-corrected chi connectivity index (χ4v) is 3.14. The van der Waals surface area contributed by atoms with Gasteiger partial charge in [0, 0.05) is 25.0 Å². The number of anilines is 3. The van der Waals surface area contributed by atoms with Crippen molar-refractivity contribution in [1.29, 1.82) is 0 Å². The Bertz CT molecular complexity index is 1070. The number of hydrogen-bond acceptors (Lipinski definition) is 7. The van der Waals surface area contributed by atoms with E-state index in [0.29, 0.717) is 30.1 Å². The Kier molecular flexibility index (Phi) is 5.53. The summed E-state index contributed by atoms with van der Waals surface area (Å²) in [4.78, 5) is 8.72. The molecule has 0 spiro atoms. The zero-order valence-electron chi connectivity index (χ0n) is 15.9. The number of fused-ring (bicyclic) bond motifs is 1. The van der Waals surface area contributed by atoms with Gasteiger partial charge in [0.1, 0.15) is 11.6 Å². The van der Waals surface area contributed by atoms with E-state index in [0.717, 1.165) is 16.9 Å². The number of hydrogen-bond donors (Lipinski definition) is 4. The molecule has 0 saturated carbocycles. The van der Waals surface area contributed by atoms with Gasteiger partial charge >= 0.3 is 0 Å². The van der Waals surface area contributed by atoms with Crippen LogP contribution < -0.4 is 16.4 Å². The Balaban J connectivity index is 1.57. The van der Waals surface area contributed by atoms with Crippen LogP contribution in [0, 0.1) is 0 Å². The van der Waals surface area contributed by atoms with Gasteiger partial charge in [0.15, 0.2) is 5.65 Å². The molecule has 0 saturated heterocycles. The highest BCUT2D eigenvalue weighted by atomic mass is 16.3. The second-order valence-corrected chi connectivity index (χ2v) is 6.79. The zero-order chi connectivity index (χ0) is 20.1. The van der Waals surface area contributed by atoms with Crippen LogP contribution in [0.25, 0.3) is 5.65 Å². The van der Waals surface area contributed by atoms with E-state index in [1.54, 1.807) is 16.9 Å². The van der Waals surface area contributed by atoms with Crippen molar-refractivity contribution in [2.24, 2.45) is 0 Å². The Labute approximate surface area is 168 Å². The van der Waals surface area contributed by atoms with Crippen LogP contribution in [0.1, 0.15) is 11.1 Å². The highest BCUT2D eigenvalue weighted by molar-refractivity contribution is 5.69. The predicted molar refractivity (Wildman–Crippen MR) is 114 cm³/mol. The normalized spacial score (nSPS) is 12.0. The van der Waals surface area contributed by atoms with Gasteiger partial charge in [0.2, 0.25) is 0 Å². The van der Waals surface area contributed by atoms with E-state index in [4.69, 9.17) is 5.73 Å². The summed E-state index contributed by atoms with van der Waals surface area (Å²) in [5.74, 6) is 1.36. The summed E-state index contributed by atoms with van der Waals surface area (Å²) < 4.78 is 1.67. The molecule has 0 aliphatic rings. The first-order valence-corrected chi connectivity index (χ1v) is 9.41. The van der Waals surface area contributed by atoms with Crippen LogP contribution in [0.2, 0.25) is 0 Å². The van der Waals surface area contributed by atoms with Gasteiger partial charge < -0.3 is 21.5 Å². The number of aliphatic hydroxyl groups excluding tert-OH is 1. The summed E-state index contributed by atoms with van der Waals surface area (Å²) in [5.41, 5.74) is 9.27. The average molecular weight is 389 g/mol. The van der Waals surface area contributed by atoms with Gasteiger partial charge in [0.25, 0.3) is 0 Å². The first kappa shape index (κ1) is 18.7. The lowest BCUT2D eigenvalue weighted by Crippen LogP contribution is -2.27. The fraction of sp³-hybridized carbons (Fsp3) is 0.190. The Morgan fingerprint density at radius 2 is 1.90 bits per heavy atom. The molecule has 0 fully saturated rings. The summed E-state index contributed by atoms with van der Waals surface area (Å²) in [7, 11) is 0. The quantitative estimate of drug-likeness (QED) is 0.366. The molecule has 0 aliphatic heterocycles. The van der Waals surface area contributed by atoms with Crippen LogP contribution >= 0.6 is 0 Å². The van der Waals surface area contributed by atoms with Gasteiger partial charge in [-0.3, -0.25) is 4.98 Å². The monoisotopic (exact) mass is 389 g/mol. The molecule has 0 amide bonds. The number of benzene rings is 1. The largest absolute Gasteiger partial charge is 0.394 e. The number of pyridine rings is 1. The minimum Gasteiger partial charge on any atom is -0.394 e. The molecule has 5 N–H and O–H groups in total. The van der Waals surface area contributed by atoms with Crippen molar-refractivity contribution in [3.05, 3.63) is 78.2 Å². The van der Waals surface area contributed by atoms with Crippen molar-refractivity contribution in [2.45, 2.75) is 19.0 Å². The Morgan fingerprint density at radius 1 is 1.07 bits per heavy atom. The van der Waals surface area contributed by atoms with Crippen molar-refractivity contribution < 1.29 is 5.11 Å². The molecule has 8 nitrogen and oxygen atoms in total. The van der Waals surface area contributed by atoms with Crippen molar-refractivity contribution >= 4 is 23.0 Å². The third kappa shape index (κ3) is 4.44. The maximum absolute atomic E-state index is 9.84. The standard InChI is InChI=1S/C21H23N7O/c22-18-13-25-28-20(24-12-16-7-4-8-23-11-16)10-19(27-21(18)28)26-17(14-29)9-15-5-2-1-3-6-15/h1-8,10-11,13,17,24,29H,9,12,14,22H2,(H,26,27). The van der Waals surface area contributed by atoms with E-state index in [1.165, 1.54) is 0 Å². The lowest BCUT2D eigenvalue weighted by Gasteiger charge is -2.18. The van der Waals surface area contributed by atoms with Gasteiger partial charge in [-0.2, -0.15) is 9.61 Å². The van der Waals surface area contributed by atoms with Crippen LogP contribution in [0.3, 0.4) is 0 Å². The molecule has 1 aromatic carbocycles. The van der Waals surface area contributed by atoms with Gasteiger partial charge in [-0.25, -0.2) is 4.98 Å². The summed E-state index contributed by atoms with van der Waals surface area (Å²) in [5, 5.41) is 20.8. The smallest absolute Gasteiger partial charge is 0.182 e. The predicted octanol–water partition coefficient (Wildman–Crippen LogP) is 2.33. The Hall–Kier alpha value is -3.65. The summed E-state index contributed by atoms with van der Waals surface area (Å²) in [6.45, 7) is 0.564. The zero-order valence-corrected chi connectivity index (χ0v) is 15.9. The van der Waals surface area contributed by atoms with Crippen molar-refractivity contribution in [2.75, 3.05) is 23.0 Å². The molecule has 0 radical (unpaired) electrons. The van der Waals surface area contributed by atoms with E-state index >= 15 is 0 Å². The highest BCUT2D eigenvalue weighted by Gasteiger charge is 2.14. The minimum atomic E-state index is -0.178. The number of nitrogens with one attached hydrogen (secondary N) is 2. The van der Waals surface area contributed by atoms with Crippen LogP contribution in [0.5, 0.6) is 0 Å². The lowest BCUT2D eigenvalue weighted by atomic mass is 10.1. The van der Waals surface area contributed by atoms with Gasteiger partial charge in [0.05, 0.1) is 24.5 Å². The first-order valence-electron chi connectivity index (χ1n) is 9.41. The number of aliphatic hydroxyl groups is 1. The van der Waals surface area contributed by atoms with E-state index in [2.05, 4.69) is 25.7 Å². The van der Waals surface area contributed by atoms with Gasteiger partial charge in [-0.15, -0.1) is 0 Å². The third-order valence-corrected chi connectivity index (χ3v) is 4.59. The summed E-state index contributed by atoms with van der Waals surface area (Å²) >= 11 is 0. The van der Waals surface area contributed by atoms with E-state index in [1.807, 2.05) is 54.7 Å². The third-order valence-electron chi connectivity index (χ3n) is 4.59. The molecule has 1 unspecified atom stereocenters. The van der Waals surface area contributed by atoms with Crippen molar-refractivity contribution in [3.63, 3.8) is 0 Å². The lowest BCUT2D eigenvalue weighted by molar-refractivity contribution is 0.273. The summed E-state index contributed by atoms with van der Waals surface area (Å²) in [6.07, 6.45) is 5.81. The van der Waals surface area contributed by atoms with E-state index in [9.17, 15) is 5.11 Å². The molecule has 3 aromatic heterocycles. The minimum absolute atomic E-state index is 0.0189. The molecule has 8 heteroatoms. The van der Waals surface area contributed by atoms with Gasteiger partial charge in [-0.05, 0) is 23.6 Å². The number of nitrogens with two attached hydrogens (primary N) is 1. The van der Waals surface area contributed by atoms with Crippen LogP contribution in [-0.2, 0) is 13.0 Å². The Morgan fingerprint density at radius 3 is 2.66 bits per heavy atom. The number of nitrogen functional groups attached to an aromatic ring is 1. The molecular weight excluding hydrogens is 366 g/mol. The van der Waals surface area contributed by atoms with Crippen molar-refractivity contribution in [1.82, 2.24) is 19.6 Å². The van der Waals surface area contributed by atoms with Crippen LogP contribution in [0.4, 0.5) is 17.3 Å². The maximum atomic E-state index is 9.84. The molecule has 148 valence electrons. The highest BCUT2D eigenvalue weighted by Crippen LogP contribution is 2.21. The van der Waals surface area contributed by atoms with Crippen molar-refractivity contribution in [3.8, 4) is 0 Å². The second-order valence-electron chi connectivity index (χ2n) is 6.79. The average Bonchev–Trinajstić information content (AvgIpc) is 3.14.